The van der Waals surface area contributed by atoms with Gasteiger partial charge in [-0.1, -0.05) is 0 Å². The highest BCUT2D eigenvalue weighted by Crippen LogP contribution is 2.35. The second-order valence-electron chi connectivity index (χ2n) is 3.75. The zero-order chi connectivity index (χ0) is 10.4. The van der Waals surface area contributed by atoms with Crippen LogP contribution in [0.1, 0.15) is 22.6 Å². The molecule has 4 heteroatoms. The van der Waals surface area contributed by atoms with E-state index in [9.17, 15) is 0 Å². The highest BCUT2D eigenvalue weighted by Gasteiger charge is 2.17. The molecular weight excluding hydrogens is 206 g/mol. The maximum Gasteiger partial charge on any atom is 0.133 e. The minimum absolute atomic E-state index is 0.636. The topological polar surface area (TPSA) is 62.7 Å². The third-order valence-electron chi connectivity index (χ3n) is 2.84. The first-order valence-electron chi connectivity index (χ1n) is 4.90. The van der Waals surface area contributed by atoms with Crippen molar-refractivity contribution in [3.63, 3.8) is 0 Å². The van der Waals surface area contributed by atoms with Crippen LogP contribution in [0.4, 0.5) is 5.00 Å². The van der Waals surface area contributed by atoms with Gasteiger partial charge in [-0.3, -0.25) is 4.98 Å². The zero-order valence-electron chi connectivity index (χ0n) is 8.08. The van der Waals surface area contributed by atoms with E-state index in [1.54, 1.807) is 0 Å². The minimum Gasteiger partial charge on any atom is -0.390 e. The van der Waals surface area contributed by atoms with Gasteiger partial charge in [0.2, 0.25) is 0 Å². The minimum atomic E-state index is 0.636. The van der Waals surface area contributed by atoms with Gasteiger partial charge in [-0.2, -0.15) is 5.26 Å². The fraction of sp³-hybridized carbons (Fsp3) is 0.273. The lowest BCUT2D eigenvalue weighted by Gasteiger charge is -1.98. The van der Waals surface area contributed by atoms with Gasteiger partial charge < -0.3 is 5.73 Å². The Kier molecular flexibility index (Phi) is 1.70. The van der Waals surface area contributed by atoms with Crippen molar-refractivity contribution in [3.05, 3.63) is 22.2 Å². The average Bonchev–Trinajstić information content (AvgIpc) is 2.81. The summed E-state index contributed by atoms with van der Waals surface area (Å²) in [4.78, 5) is 5.19. The number of aryl methyl sites for hydroxylation is 2. The summed E-state index contributed by atoms with van der Waals surface area (Å²) in [5.41, 5.74) is 9.12. The predicted octanol–water partition coefficient (Wildman–Crippen LogP) is 2.24. The molecule has 0 saturated carbocycles. The lowest BCUT2D eigenvalue weighted by molar-refractivity contribution is 0.901. The van der Waals surface area contributed by atoms with Gasteiger partial charge in [0.05, 0.1) is 5.00 Å². The van der Waals surface area contributed by atoms with Crippen LogP contribution in [0.3, 0.4) is 0 Å². The van der Waals surface area contributed by atoms with Gasteiger partial charge in [0, 0.05) is 11.1 Å². The van der Waals surface area contributed by atoms with E-state index >= 15 is 0 Å². The molecule has 0 aliphatic heterocycles. The van der Waals surface area contributed by atoms with Gasteiger partial charge >= 0.3 is 0 Å². The van der Waals surface area contributed by atoms with E-state index in [1.165, 1.54) is 23.3 Å². The number of thiophene rings is 1. The van der Waals surface area contributed by atoms with Crippen LogP contribution in [-0.4, -0.2) is 4.98 Å². The van der Waals surface area contributed by atoms with E-state index in [1.807, 2.05) is 0 Å². The van der Waals surface area contributed by atoms with Crippen LogP contribution < -0.4 is 5.73 Å². The molecule has 0 fully saturated rings. The van der Waals surface area contributed by atoms with E-state index in [4.69, 9.17) is 11.0 Å². The summed E-state index contributed by atoms with van der Waals surface area (Å²) in [5.74, 6) is 0. The van der Waals surface area contributed by atoms with Crippen LogP contribution in [0.5, 0.6) is 0 Å². The Morgan fingerprint density at radius 1 is 1.47 bits per heavy atom. The van der Waals surface area contributed by atoms with Crippen molar-refractivity contribution in [1.82, 2.24) is 4.98 Å². The van der Waals surface area contributed by atoms with Gasteiger partial charge in [-0.15, -0.1) is 11.3 Å². The van der Waals surface area contributed by atoms with E-state index < -0.39 is 0 Å². The number of rotatable bonds is 0. The second-order valence-corrected chi connectivity index (χ2v) is 4.80. The third-order valence-corrected chi connectivity index (χ3v) is 3.77. The summed E-state index contributed by atoms with van der Waals surface area (Å²) >= 11 is 1.33. The van der Waals surface area contributed by atoms with Gasteiger partial charge in [0.25, 0.3) is 0 Å². The normalized spacial score (nSPS) is 14.1. The van der Waals surface area contributed by atoms with Gasteiger partial charge in [0.15, 0.2) is 0 Å². The second kappa shape index (κ2) is 2.94. The molecule has 15 heavy (non-hydrogen) atoms. The smallest absolute Gasteiger partial charge is 0.133 e. The monoisotopic (exact) mass is 215 g/mol. The molecule has 2 N–H and O–H groups in total. The molecule has 2 aromatic rings. The van der Waals surface area contributed by atoms with Crippen molar-refractivity contribution in [1.29, 1.82) is 5.26 Å². The highest BCUT2D eigenvalue weighted by atomic mass is 32.1. The number of hydrogen-bond acceptors (Lipinski definition) is 4. The van der Waals surface area contributed by atoms with Crippen molar-refractivity contribution in [2.24, 2.45) is 0 Å². The number of nitrogens with two attached hydrogens (primary N) is 1. The Bertz CT molecular complexity index is 592. The first kappa shape index (κ1) is 8.69. The van der Waals surface area contributed by atoms with Gasteiger partial charge in [0.1, 0.15) is 16.5 Å². The number of fused-ring (bicyclic) bond motifs is 2. The first-order chi connectivity index (χ1) is 7.29. The van der Waals surface area contributed by atoms with Crippen LogP contribution in [0.15, 0.2) is 6.07 Å². The molecule has 2 aromatic heterocycles. The number of pyridine rings is 1. The average molecular weight is 215 g/mol. The van der Waals surface area contributed by atoms with Gasteiger partial charge in [-0.25, -0.2) is 0 Å². The molecule has 1 aliphatic rings. The first-order valence-corrected chi connectivity index (χ1v) is 5.72. The maximum atomic E-state index is 8.96. The molecule has 2 heterocycles. The Hall–Kier alpha value is -1.60. The van der Waals surface area contributed by atoms with Crippen molar-refractivity contribution in [2.75, 3.05) is 5.73 Å². The lowest BCUT2D eigenvalue weighted by atomic mass is 10.1. The molecule has 0 unspecified atom stereocenters. The molecule has 1 aliphatic carbocycles. The largest absolute Gasteiger partial charge is 0.390 e. The quantitative estimate of drug-likeness (QED) is 0.733. The molecule has 3 nitrogen and oxygen atoms in total. The van der Waals surface area contributed by atoms with E-state index in [0.717, 1.165) is 29.4 Å². The Labute approximate surface area is 91.2 Å². The van der Waals surface area contributed by atoms with Crippen LogP contribution in [0.2, 0.25) is 0 Å². The zero-order valence-corrected chi connectivity index (χ0v) is 8.90. The van der Waals surface area contributed by atoms with Crippen LogP contribution >= 0.6 is 11.3 Å². The van der Waals surface area contributed by atoms with Crippen molar-refractivity contribution in [3.8, 4) is 6.07 Å². The fourth-order valence-electron chi connectivity index (χ4n) is 2.12. The Morgan fingerprint density at radius 2 is 2.33 bits per heavy atom. The Balaban J connectivity index is 2.41. The standard InChI is InChI=1S/C11H9N3S/c12-5-9-10-7(11(13)15-9)4-6-2-1-3-8(6)14-10/h4H,1-3,13H2. The fourth-order valence-corrected chi connectivity index (χ4v) is 2.91. The molecule has 0 bridgehead atoms. The summed E-state index contributed by atoms with van der Waals surface area (Å²) in [7, 11) is 0. The SMILES string of the molecule is N#Cc1sc(N)c2cc3c(nc12)CCC3. The van der Waals surface area contributed by atoms with Crippen LogP contribution in [0.25, 0.3) is 10.9 Å². The van der Waals surface area contributed by atoms with Crippen LogP contribution in [-0.2, 0) is 12.8 Å². The predicted molar refractivity (Wildman–Crippen MR) is 60.8 cm³/mol. The van der Waals surface area contributed by atoms with Gasteiger partial charge in [-0.05, 0) is 30.9 Å². The Morgan fingerprint density at radius 3 is 3.13 bits per heavy atom. The number of hydrogen-bond donors (Lipinski definition) is 1. The molecular formula is C11H9N3S. The van der Waals surface area contributed by atoms with Crippen molar-refractivity contribution < 1.29 is 0 Å². The number of nitriles is 1. The molecule has 0 radical (unpaired) electrons. The van der Waals surface area contributed by atoms with E-state index in [-0.39, 0.29) is 0 Å². The molecule has 0 spiro atoms. The summed E-state index contributed by atoms with van der Waals surface area (Å²) in [6.07, 6.45) is 3.29. The van der Waals surface area contributed by atoms with Crippen molar-refractivity contribution >= 4 is 27.2 Å². The molecule has 74 valence electrons. The summed E-state index contributed by atoms with van der Waals surface area (Å²) in [6, 6.07) is 4.27. The number of nitrogen functional groups attached to an aromatic ring is 1. The van der Waals surface area contributed by atoms with Crippen molar-refractivity contribution in [2.45, 2.75) is 19.3 Å². The van der Waals surface area contributed by atoms with Crippen LogP contribution in [0, 0.1) is 11.3 Å². The highest BCUT2D eigenvalue weighted by molar-refractivity contribution is 7.18. The molecule has 3 rings (SSSR count). The number of aromatic nitrogens is 1. The molecule has 0 aromatic carbocycles. The number of nitrogens with zero attached hydrogens (tertiary/aromatic N) is 2. The third kappa shape index (κ3) is 1.13. The summed E-state index contributed by atoms with van der Waals surface area (Å²) in [6.45, 7) is 0. The summed E-state index contributed by atoms with van der Waals surface area (Å²) < 4.78 is 0. The molecule has 0 amide bonds. The van der Waals surface area contributed by atoms with E-state index in [0.29, 0.717) is 9.88 Å². The lowest BCUT2D eigenvalue weighted by Crippen LogP contribution is -1.89. The van der Waals surface area contributed by atoms with E-state index in [2.05, 4.69) is 17.1 Å². The molecule has 0 saturated heterocycles. The maximum absolute atomic E-state index is 8.96. The molecule has 0 atom stereocenters. The summed E-state index contributed by atoms with van der Waals surface area (Å²) in [5, 5.41) is 10.6. The number of anilines is 1.